The zero-order valence-electron chi connectivity index (χ0n) is 12.9. The van der Waals surface area contributed by atoms with Gasteiger partial charge >= 0.3 is 0 Å². The fraction of sp³-hybridized carbons (Fsp3) is 0.211. The molecule has 3 aromatic rings. The van der Waals surface area contributed by atoms with Gasteiger partial charge in [-0.2, -0.15) is 0 Å². The molecule has 4 rings (SSSR count). The van der Waals surface area contributed by atoms with E-state index in [0.29, 0.717) is 17.6 Å². The van der Waals surface area contributed by atoms with E-state index in [1.54, 1.807) is 29.2 Å². The van der Waals surface area contributed by atoms with Crippen molar-refractivity contribution in [2.24, 2.45) is 0 Å². The van der Waals surface area contributed by atoms with Gasteiger partial charge in [0.05, 0.1) is 6.04 Å². The third-order valence-corrected chi connectivity index (χ3v) is 4.58. The highest BCUT2D eigenvalue weighted by Crippen LogP contribution is 2.33. The first kappa shape index (κ1) is 14.9. The van der Waals surface area contributed by atoms with Crippen LogP contribution in [0.1, 0.15) is 34.9 Å². The summed E-state index contributed by atoms with van der Waals surface area (Å²) in [6.45, 7) is 0.657. The standard InChI is InChI=1S/C19H16F2N2O/c20-14-5-3-12(4-6-14)18-2-1-9-23(18)19(24)17-11-13-10-15(21)7-8-16(13)22-17/h3-8,10-11,18,22H,1-2,9H2/t18-/m0/s1. The van der Waals surface area contributed by atoms with Crippen molar-refractivity contribution in [3.63, 3.8) is 0 Å². The number of benzene rings is 2. The zero-order valence-corrected chi connectivity index (χ0v) is 12.9. The Bertz CT molecular complexity index is 901. The molecule has 5 heteroatoms. The maximum absolute atomic E-state index is 13.3. The molecule has 0 spiro atoms. The smallest absolute Gasteiger partial charge is 0.270 e. The van der Waals surface area contributed by atoms with Crippen LogP contribution >= 0.6 is 0 Å². The first-order valence-electron chi connectivity index (χ1n) is 7.96. The van der Waals surface area contributed by atoms with Gasteiger partial charge in [-0.1, -0.05) is 12.1 Å². The highest BCUT2D eigenvalue weighted by Gasteiger charge is 2.31. The summed E-state index contributed by atoms with van der Waals surface area (Å²) in [5, 5.41) is 0.677. The van der Waals surface area contributed by atoms with Crippen molar-refractivity contribution in [1.29, 1.82) is 0 Å². The molecule has 2 heterocycles. The van der Waals surface area contributed by atoms with Crippen molar-refractivity contribution < 1.29 is 13.6 Å². The van der Waals surface area contributed by atoms with Crippen molar-refractivity contribution in [3.05, 3.63) is 71.4 Å². The summed E-state index contributed by atoms with van der Waals surface area (Å²) in [5.74, 6) is -0.725. The number of rotatable bonds is 2. The van der Waals surface area contributed by atoms with E-state index in [0.717, 1.165) is 23.9 Å². The summed E-state index contributed by atoms with van der Waals surface area (Å²) in [6, 6.07) is 12.3. The monoisotopic (exact) mass is 326 g/mol. The van der Waals surface area contributed by atoms with Gasteiger partial charge in [-0.15, -0.1) is 0 Å². The summed E-state index contributed by atoms with van der Waals surface area (Å²) in [6.07, 6.45) is 1.76. The number of nitrogens with one attached hydrogen (secondary N) is 1. The van der Waals surface area contributed by atoms with Crippen molar-refractivity contribution in [2.75, 3.05) is 6.54 Å². The first-order valence-corrected chi connectivity index (χ1v) is 7.96. The summed E-state index contributed by atoms with van der Waals surface area (Å²) < 4.78 is 26.5. The van der Waals surface area contributed by atoms with Crippen LogP contribution in [-0.4, -0.2) is 22.3 Å². The highest BCUT2D eigenvalue weighted by molar-refractivity contribution is 5.98. The summed E-state index contributed by atoms with van der Waals surface area (Å²) >= 11 is 0. The molecule has 1 saturated heterocycles. The molecule has 0 saturated carbocycles. The molecule has 2 aromatic carbocycles. The van der Waals surface area contributed by atoms with Crippen LogP contribution in [0.15, 0.2) is 48.5 Å². The predicted octanol–water partition coefficient (Wildman–Crippen LogP) is 4.42. The van der Waals surface area contributed by atoms with E-state index in [9.17, 15) is 13.6 Å². The minimum Gasteiger partial charge on any atom is -0.351 e. The Hall–Kier alpha value is -2.69. The molecule has 122 valence electrons. The molecule has 1 fully saturated rings. The van der Waals surface area contributed by atoms with Gasteiger partial charge in [0, 0.05) is 17.4 Å². The average molecular weight is 326 g/mol. The summed E-state index contributed by atoms with van der Waals surface area (Å²) in [7, 11) is 0. The van der Waals surface area contributed by atoms with E-state index >= 15 is 0 Å². The summed E-state index contributed by atoms with van der Waals surface area (Å²) in [5.41, 5.74) is 2.12. The number of nitrogens with zero attached hydrogens (tertiary/aromatic N) is 1. The van der Waals surface area contributed by atoms with Crippen LogP contribution in [0.3, 0.4) is 0 Å². The number of likely N-dealkylation sites (tertiary alicyclic amines) is 1. The second-order valence-electron chi connectivity index (χ2n) is 6.12. The van der Waals surface area contributed by atoms with Gasteiger partial charge in [-0.05, 0) is 54.8 Å². The maximum Gasteiger partial charge on any atom is 0.270 e. The normalized spacial score (nSPS) is 17.6. The lowest BCUT2D eigenvalue weighted by Gasteiger charge is -2.24. The molecule has 1 atom stereocenters. The van der Waals surface area contributed by atoms with Crippen LogP contribution < -0.4 is 0 Å². The lowest BCUT2D eigenvalue weighted by Crippen LogP contribution is -2.30. The second kappa shape index (κ2) is 5.74. The lowest BCUT2D eigenvalue weighted by molar-refractivity contribution is 0.0730. The number of halogens is 2. The molecule has 1 aliphatic rings. The summed E-state index contributed by atoms with van der Waals surface area (Å²) in [4.78, 5) is 17.7. The van der Waals surface area contributed by atoms with E-state index < -0.39 is 0 Å². The van der Waals surface area contributed by atoms with Gasteiger partial charge in [0.2, 0.25) is 0 Å². The third-order valence-electron chi connectivity index (χ3n) is 4.58. The zero-order chi connectivity index (χ0) is 16.7. The number of carbonyl (C=O) groups excluding carboxylic acids is 1. The van der Waals surface area contributed by atoms with Crippen molar-refractivity contribution >= 4 is 16.8 Å². The number of H-pyrrole nitrogens is 1. The van der Waals surface area contributed by atoms with Gasteiger partial charge in [0.1, 0.15) is 17.3 Å². The highest BCUT2D eigenvalue weighted by atomic mass is 19.1. The SMILES string of the molecule is O=C(c1cc2cc(F)ccc2[nH]1)N1CCC[C@H]1c1ccc(F)cc1. The van der Waals surface area contributed by atoms with Crippen molar-refractivity contribution in [2.45, 2.75) is 18.9 Å². The number of fused-ring (bicyclic) bond motifs is 1. The molecule has 0 bridgehead atoms. The second-order valence-corrected chi connectivity index (χ2v) is 6.12. The maximum atomic E-state index is 13.3. The molecule has 1 aliphatic heterocycles. The molecule has 24 heavy (non-hydrogen) atoms. The molecule has 1 amide bonds. The van der Waals surface area contributed by atoms with E-state index in [4.69, 9.17) is 0 Å². The van der Waals surface area contributed by atoms with Crippen LogP contribution in [0.5, 0.6) is 0 Å². The van der Waals surface area contributed by atoms with E-state index in [1.165, 1.54) is 24.3 Å². The Morgan fingerprint density at radius 3 is 2.58 bits per heavy atom. The molecular weight excluding hydrogens is 310 g/mol. The Balaban J connectivity index is 1.65. The van der Waals surface area contributed by atoms with E-state index in [-0.39, 0.29) is 23.6 Å². The van der Waals surface area contributed by atoms with Crippen LogP contribution in [0.4, 0.5) is 8.78 Å². The third kappa shape index (κ3) is 2.56. The number of aromatic nitrogens is 1. The number of hydrogen-bond donors (Lipinski definition) is 1. The molecule has 1 N–H and O–H groups in total. The van der Waals surface area contributed by atoms with E-state index in [1.807, 2.05) is 0 Å². The minimum atomic E-state index is -0.328. The Morgan fingerprint density at radius 2 is 1.79 bits per heavy atom. The van der Waals surface area contributed by atoms with Crippen LogP contribution in [0.25, 0.3) is 10.9 Å². The van der Waals surface area contributed by atoms with E-state index in [2.05, 4.69) is 4.98 Å². The van der Waals surface area contributed by atoms with Crippen LogP contribution in [0.2, 0.25) is 0 Å². The topological polar surface area (TPSA) is 36.1 Å². The van der Waals surface area contributed by atoms with Gasteiger partial charge < -0.3 is 9.88 Å². The Morgan fingerprint density at radius 1 is 1.04 bits per heavy atom. The Kier molecular flexibility index (Phi) is 3.56. The molecule has 0 aliphatic carbocycles. The van der Waals surface area contributed by atoms with Gasteiger partial charge in [-0.3, -0.25) is 4.79 Å². The minimum absolute atomic E-state index is 0.0544. The number of amides is 1. The number of aromatic amines is 1. The van der Waals surface area contributed by atoms with Gasteiger partial charge in [-0.25, -0.2) is 8.78 Å². The molecular formula is C19H16F2N2O. The molecule has 0 radical (unpaired) electrons. The average Bonchev–Trinajstić information content (AvgIpc) is 3.21. The first-order chi connectivity index (χ1) is 11.6. The van der Waals surface area contributed by atoms with Crippen LogP contribution in [-0.2, 0) is 0 Å². The molecule has 3 nitrogen and oxygen atoms in total. The number of hydrogen-bond acceptors (Lipinski definition) is 1. The van der Waals surface area contributed by atoms with Crippen molar-refractivity contribution in [1.82, 2.24) is 9.88 Å². The fourth-order valence-electron chi connectivity index (χ4n) is 3.41. The fourth-order valence-corrected chi connectivity index (χ4v) is 3.41. The quantitative estimate of drug-likeness (QED) is 0.743. The molecule has 1 aromatic heterocycles. The van der Waals surface area contributed by atoms with Crippen LogP contribution in [0, 0.1) is 11.6 Å². The number of carbonyl (C=O) groups is 1. The van der Waals surface area contributed by atoms with Gasteiger partial charge in [0.25, 0.3) is 5.91 Å². The lowest BCUT2D eigenvalue weighted by atomic mass is 10.0. The largest absolute Gasteiger partial charge is 0.351 e. The Labute approximate surface area is 137 Å². The van der Waals surface area contributed by atoms with Crippen molar-refractivity contribution in [3.8, 4) is 0 Å². The molecule has 0 unspecified atom stereocenters. The predicted molar refractivity (Wildman–Crippen MR) is 87.7 cm³/mol. The van der Waals surface area contributed by atoms with Gasteiger partial charge in [0.15, 0.2) is 0 Å².